The molecule has 3 amide bonds. The van der Waals surface area contributed by atoms with Crippen LogP contribution in [0.5, 0.6) is 5.75 Å². The number of rotatable bonds is 3. The second-order valence-electron chi connectivity index (χ2n) is 5.98. The summed E-state index contributed by atoms with van der Waals surface area (Å²) in [5.41, 5.74) is 2.49. The molecule has 2 aliphatic rings. The molecule has 0 fully saturated rings. The first kappa shape index (κ1) is 15.9. The number of nitrogens with one attached hydrogen (secondary N) is 4. The van der Waals surface area contributed by atoms with Gasteiger partial charge in [0, 0.05) is 12.2 Å². The largest absolute Gasteiger partial charge is 0.482 e. The van der Waals surface area contributed by atoms with Gasteiger partial charge in [0.05, 0.1) is 11.3 Å². The van der Waals surface area contributed by atoms with Crippen LogP contribution < -0.4 is 26.0 Å². The molecule has 0 bridgehead atoms. The molecule has 4 N–H and O–H groups in total. The van der Waals surface area contributed by atoms with E-state index in [0.29, 0.717) is 22.7 Å². The molecule has 132 valence electrons. The van der Waals surface area contributed by atoms with E-state index in [4.69, 9.17) is 4.74 Å². The predicted molar refractivity (Wildman–Crippen MR) is 93.7 cm³/mol. The molecule has 8 nitrogen and oxygen atoms in total. The fourth-order valence-corrected chi connectivity index (χ4v) is 2.87. The summed E-state index contributed by atoms with van der Waals surface area (Å²) in [7, 11) is 0. The number of hydrogen-bond acceptors (Lipinski definition) is 5. The monoisotopic (exact) mass is 352 g/mol. The number of fused-ring (bicyclic) bond motifs is 2. The van der Waals surface area contributed by atoms with Gasteiger partial charge in [-0.1, -0.05) is 18.2 Å². The Balaban J connectivity index is 1.41. The first-order valence-electron chi connectivity index (χ1n) is 8.10. The van der Waals surface area contributed by atoms with Crippen LogP contribution in [-0.2, 0) is 16.1 Å². The molecular formula is C18H16N4O4. The quantitative estimate of drug-likeness (QED) is 0.654. The minimum Gasteiger partial charge on any atom is -0.482 e. The standard InChI is InChI=1S/C18H16N4O4/c23-15-9-26-14-6-5-10(7-13(14)20-15)8-19-18(25)16-21-12-4-2-1-3-11(12)17(24)22-16/h1-7,16,21H,8-9H2,(H,19,25)(H,20,23)(H,22,24). The minimum atomic E-state index is -0.849. The fourth-order valence-electron chi connectivity index (χ4n) is 2.87. The zero-order valence-electron chi connectivity index (χ0n) is 13.7. The van der Waals surface area contributed by atoms with Crippen molar-refractivity contribution >= 4 is 29.1 Å². The van der Waals surface area contributed by atoms with E-state index in [1.54, 1.807) is 42.5 Å². The molecule has 0 aromatic heterocycles. The lowest BCUT2D eigenvalue weighted by molar-refractivity contribution is -0.122. The van der Waals surface area contributed by atoms with Crippen molar-refractivity contribution < 1.29 is 19.1 Å². The van der Waals surface area contributed by atoms with Crippen molar-refractivity contribution in [1.82, 2.24) is 10.6 Å². The van der Waals surface area contributed by atoms with Crippen LogP contribution in [0, 0.1) is 0 Å². The molecule has 2 heterocycles. The number of hydrogen-bond donors (Lipinski definition) is 4. The molecule has 1 atom stereocenters. The lowest BCUT2D eigenvalue weighted by Crippen LogP contribution is -2.53. The third-order valence-corrected chi connectivity index (χ3v) is 4.15. The lowest BCUT2D eigenvalue weighted by atomic mass is 10.1. The molecule has 4 rings (SSSR count). The molecule has 1 unspecified atom stereocenters. The van der Waals surface area contributed by atoms with Gasteiger partial charge in [-0.15, -0.1) is 0 Å². The van der Waals surface area contributed by atoms with Crippen molar-refractivity contribution in [2.75, 3.05) is 17.2 Å². The Morgan fingerprint density at radius 2 is 1.96 bits per heavy atom. The Morgan fingerprint density at radius 3 is 2.85 bits per heavy atom. The van der Waals surface area contributed by atoms with Gasteiger partial charge in [-0.3, -0.25) is 14.4 Å². The van der Waals surface area contributed by atoms with Crippen molar-refractivity contribution in [1.29, 1.82) is 0 Å². The van der Waals surface area contributed by atoms with Crippen LogP contribution in [-0.4, -0.2) is 30.5 Å². The van der Waals surface area contributed by atoms with Gasteiger partial charge in [0.2, 0.25) is 0 Å². The molecule has 26 heavy (non-hydrogen) atoms. The summed E-state index contributed by atoms with van der Waals surface area (Å²) in [5.74, 6) is -0.275. The number of anilines is 2. The molecule has 0 saturated heterocycles. The smallest absolute Gasteiger partial charge is 0.263 e. The van der Waals surface area contributed by atoms with Gasteiger partial charge in [0.1, 0.15) is 5.75 Å². The predicted octanol–water partition coefficient (Wildman–Crippen LogP) is 0.815. The normalized spacial score (nSPS) is 17.6. The lowest BCUT2D eigenvalue weighted by Gasteiger charge is -2.26. The number of amides is 3. The zero-order valence-corrected chi connectivity index (χ0v) is 13.7. The van der Waals surface area contributed by atoms with Gasteiger partial charge >= 0.3 is 0 Å². The average molecular weight is 352 g/mol. The molecule has 8 heteroatoms. The first-order valence-corrected chi connectivity index (χ1v) is 8.10. The minimum absolute atomic E-state index is 0.00238. The van der Waals surface area contributed by atoms with Crippen molar-refractivity contribution in [3.8, 4) is 5.75 Å². The zero-order chi connectivity index (χ0) is 18.1. The summed E-state index contributed by atoms with van der Waals surface area (Å²) in [4.78, 5) is 35.9. The highest BCUT2D eigenvalue weighted by Crippen LogP contribution is 2.28. The Morgan fingerprint density at radius 1 is 1.12 bits per heavy atom. The molecule has 2 aromatic carbocycles. The summed E-state index contributed by atoms with van der Waals surface area (Å²) < 4.78 is 5.30. The molecule has 0 aliphatic carbocycles. The number of carbonyl (C=O) groups excluding carboxylic acids is 3. The van der Waals surface area contributed by atoms with E-state index >= 15 is 0 Å². The molecule has 2 aliphatic heterocycles. The number of ether oxygens (including phenoxy) is 1. The summed E-state index contributed by atoms with van der Waals surface area (Å²) in [5, 5.41) is 11.1. The third kappa shape index (κ3) is 3.04. The van der Waals surface area contributed by atoms with Crippen LogP contribution in [0.15, 0.2) is 42.5 Å². The Labute approximate surface area is 148 Å². The van der Waals surface area contributed by atoms with Crippen LogP contribution in [0.2, 0.25) is 0 Å². The van der Waals surface area contributed by atoms with Gasteiger partial charge in [-0.2, -0.15) is 0 Å². The highest BCUT2D eigenvalue weighted by Gasteiger charge is 2.28. The second kappa shape index (κ2) is 6.40. The maximum Gasteiger partial charge on any atom is 0.263 e. The number of benzene rings is 2. The topological polar surface area (TPSA) is 109 Å². The molecule has 0 radical (unpaired) electrons. The Kier molecular flexibility index (Phi) is 3.92. The van der Waals surface area contributed by atoms with Crippen LogP contribution in [0.3, 0.4) is 0 Å². The van der Waals surface area contributed by atoms with Crippen LogP contribution in [0.25, 0.3) is 0 Å². The molecule has 0 spiro atoms. The highest BCUT2D eigenvalue weighted by atomic mass is 16.5. The van der Waals surface area contributed by atoms with Crippen molar-refractivity contribution in [2.24, 2.45) is 0 Å². The Hall–Kier alpha value is -3.55. The summed E-state index contributed by atoms with van der Waals surface area (Å²) in [6.45, 7) is 0.245. The van der Waals surface area contributed by atoms with Gasteiger partial charge < -0.3 is 26.0 Å². The summed E-state index contributed by atoms with van der Waals surface area (Å²) in [6, 6.07) is 12.3. The summed E-state index contributed by atoms with van der Waals surface area (Å²) in [6.07, 6.45) is -0.849. The van der Waals surface area contributed by atoms with E-state index in [-0.39, 0.29) is 30.9 Å². The molecule has 0 saturated carbocycles. The van der Waals surface area contributed by atoms with Crippen LogP contribution in [0.4, 0.5) is 11.4 Å². The molecular weight excluding hydrogens is 336 g/mol. The third-order valence-electron chi connectivity index (χ3n) is 4.15. The van der Waals surface area contributed by atoms with E-state index in [1.807, 2.05) is 0 Å². The number of carbonyl (C=O) groups is 3. The van der Waals surface area contributed by atoms with Gasteiger partial charge in [0.15, 0.2) is 12.8 Å². The van der Waals surface area contributed by atoms with E-state index in [0.717, 1.165) is 5.56 Å². The van der Waals surface area contributed by atoms with E-state index in [9.17, 15) is 14.4 Å². The number of para-hydroxylation sites is 1. The van der Waals surface area contributed by atoms with Crippen LogP contribution >= 0.6 is 0 Å². The van der Waals surface area contributed by atoms with Crippen molar-refractivity contribution in [3.05, 3.63) is 53.6 Å². The van der Waals surface area contributed by atoms with Gasteiger partial charge in [0.25, 0.3) is 17.7 Å². The van der Waals surface area contributed by atoms with Crippen molar-refractivity contribution in [3.63, 3.8) is 0 Å². The molecule has 2 aromatic rings. The fraction of sp³-hybridized carbons (Fsp3) is 0.167. The first-order chi connectivity index (χ1) is 12.6. The highest BCUT2D eigenvalue weighted by molar-refractivity contribution is 6.05. The van der Waals surface area contributed by atoms with E-state index < -0.39 is 6.17 Å². The SMILES string of the molecule is O=C1COc2ccc(CNC(=O)C3NC(=O)c4ccccc4N3)cc2N1. The van der Waals surface area contributed by atoms with E-state index in [1.165, 1.54) is 0 Å². The average Bonchev–Trinajstić information content (AvgIpc) is 2.65. The van der Waals surface area contributed by atoms with Crippen molar-refractivity contribution in [2.45, 2.75) is 12.7 Å². The summed E-state index contributed by atoms with van der Waals surface area (Å²) >= 11 is 0. The second-order valence-corrected chi connectivity index (χ2v) is 5.98. The van der Waals surface area contributed by atoms with E-state index in [2.05, 4.69) is 21.3 Å². The van der Waals surface area contributed by atoms with Gasteiger partial charge in [-0.25, -0.2) is 0 Å². The Bertz CT molecular complexity index is 912. The van der Waals surface area contributed by atoms with Crippen LogP contribution in [0.1, 0.15) is 15.9 Å². The maximum atomic E-state index is 12.4. The maximum absolute atomic E-state index is 12.4. The van der Waals surface area contributed by atoms with Gasteiger partial charge in [-0.05, 0) is 29.8 Å².